The highest BCUT2D eigenvalue weighted by Gasteiger charge is 2.28. The molecule has 0 radical (unpaired) electrons. The first-order valence-corrected chi connectivity index (χ1v) is 4.93. The van der Waals surface area contributed by atoms with Crippen molar-refractivity contribution in [2.75, 3.05) is 6.54 Å². The van der Waals surface area contributed by atoms with Gasteiger partial charge in [0, 0.05) is 13.0 Å². The van der Waals surface area contributed by atoms with E-state index in [0.717, 1.165) is 0 Å². The first-order valence-electron chi connectivity index (χ1n) is 4.93. The third-order valence-corrected chi connectivity index (χ3v) is 2.41. The van der Waals surface area contributed by atoms with Gasteiger partial charge >= 0.3 is 0 Å². The molecule has 1 aromatic rings. The second kappa shape index (κ2) is 4.44. The van der Waals surface area contributed by atoms with Crippen molar-refractivity contribution in [3.63, 3.8) is 0 Å². The van der Waals surface area contributed by atoms with Crippen molar-refractivity contribution in [1.29, 1.82) is 0 Å². The van der Waals surface area contributed by atoms with Crippen LogP contribution < -0.4 is 10.6 Å². The van der Waals surface area contributed by atoms with Gasteiger partial charge in [-0.3, -0.25) is 4.79 Å². The van der Waals surface area contributed by atoms with E-state index in [1.54, 1.807) is 18.4 Å². The molecule has 0 saturated carbocycles. The summed E-state index contributed by atoms with van der Waals surface area (Å²) in [4.78, 5) is 11.5. The third-order valence-electron chi connectivity index (χ3n) is 2.41. The Hall–Kier alpha value is -1.36. The van der Waals surface area contributed by atoms with Crippen molar-refractivity contribution in [2.45, 2.75) is 25.2 Å². The molecule has 1 aromatic heterocycles. The van der Waals surface area contributed by atoms with Crippen LogP contribution in [0, 0.1) is 0 Å². The molecule has 2 rings (SSSR count). The molecule has 0 unspecified atom stereocenters. The maximum absolute atomic E-state index is 12.8. The van der Waals surface area contributed by atoms with Gasteiger partial charge in [-0.15, -0.1) is 0 Å². The zero-order chi connectivity index (χ0) is 10.7. The van der Waals surface area contributed by atoms with E-state index < -0.39 is 12.2 Å². The topological polar surface area (TPSA) is 54.3 Å². The SMILES string of the molecule is O=C(NCc1ccco1)[C@H]1C[C@H](F)CN1. The molecular weight excluding hydrogens is 199 g/mol. The minimum atomic E-state index is -0.913. The number of alkyl halides is 1. The molecule has 2 atom stereocenters. The highest BCUT2D eigenvalue weighted by atomic mass is 19.1. The number of carbonyl (C=O) groups is 1. The fraction of sp³-hybridized carbons (Fsp3) is 0.500. The van der Waals surface area contributed by atoms with Crippen LogP contribution in [0.15, 0.2) is 22.8 Å². The lowest BCUT2D eigenvalue weighted by atomic mass is 10.2. The van der Waals surface area contributed by atoms with Gasteiger partial charge in [-0.25, -0.2) is 4.39 Å². The van der Waals surface area contributed by atoms with E-state index in [1.165, 1.54) is 0 Å². The molecule has 2 N–H and O–H groups in total. The summed E-state index contributed by atoms with van der Waals surface area (Å²) in [5.41, 5.74) is 0. The second-order valence-corrected chi connectivity index (χ2v) is 3.59. The van der Waals surface area contributed by atoms with Crippen LogP contribution in [0.25, 0.3) is 0 Å². The number of nitrogens with one attached hydrogen (secondary N) is 2. The van der Waals surface area contributed by atoms with Gasteiger partial charge in [0.25, 0.3) is 0 Å². The van der Waals surface area contributed by atoms with Gasteiger partial charge in [0.2, 0.25) is 5.91 Å². The number of carbonyl (C=O) groups excluding carboxylic acids is 1. The standard InChI is InChI=1S/C10H13FN2O2/c11-7-4-9(12-5-7)10(14)13-6-8-2-1-3-15-8/h1-3,7,9,12H,4-6H2,(H,13,14)/t7-,9+/m0/s1. The number of halogens is 1. The fourth-order valence-electron chi connectivity index (χ4n) is 1.60. The molecule has 15 heavy (non-hydrogen) atoms. The van der Waals surface area contributed by atoms with Gasteiger partial charge in [0.1, 0.15) is 11.9 Å². The maximum atomic E-state index is 12.8. The normalized spacial score (nSPS) is 25.4. The fourth-order valence-corrected chi connectivity index (χ4v) is 1.60. The monoisotopic (exact) mass is 212 g/mol. The predicted molar refractivity (Wildman–Crippen MR) is 51.9 cm³/mol. The zero-order valence-electron chi connectivity index (χ0n) is 8.20. The van der Waals surface area contributed by atoms with Gasteiger partial charge in [-0.1, -0.05) is 0 Å². The highest BCUT2D eigenvalue weighted by Crippen LogP contribution is 2.10. The molecule has 1 aliphatic heterocycles. The Bertz CT molecular complexity index is 326. The summed E-state index contributed by atoms with van der Waals surface area (Å²) in [7, 11) is 0. The number of furan rings is 1. The largest absolute Gasteiger partial charge is 0.467 e. The minimum absolute atomic E-state index is 0.174. The lowest BCUT2D eigenvalue weighted by Gasteiger charge is -2.09. The Morgan fingerprint density at radius 2 is 2.60 bits per heavy atom. The molecule has 1 amide bonds. The molecule has 82 valence electrons. The Labute approximate surface area is 86.8 Å². The summed E-state index contributed by atoms with van der Waals surface area (Å²) in [6.45, 7) is 0.611. The van der Waals surface area contributed by atoms with Gasteiger partial charge in [-0.05, 0) is 12.1 Å². The average Bonchev–Trinajstić information content (AvgIpc) is 2.84. The predicted octanol–water partition coefficient (Wildman–Crippen LogP) is 0.596. The van der Waals surface area contributed by atoms with Crippen LogP contribution in [-0.4, -0.2) is 24.7 Å². The quantitative estimate of drug-likeness (QED) is 0.771. The van der Waals surface area contributed by atoms with Crippen molar-refractivity contribution in [1.82, 2.24) is 10.6 Å². The first kappa shape index (κ1) is 10.2. The van der Waals surface area contributed by atoms with Crippen molar-refractivity contribution in [2.24, 2.45) is 0 Å². The van der Waals surface area contributed by atoms with Crippen molar-refractivity contribution in [3.8, 4) is 0 Å². The maximum Gasteiger partial charge on any atom is 0.237 e. The second-order valence-electron chi connectivity index (χ2n) is 3.59. The van der Waals surface area contributed by atoms with Gasteiger partial charge in [0.05, 0.1) is 18.8 Å². The third kappa shape index (κ3) is 2.56. The van der Waals surface area contributed by atoms with Crippen LogP contribution >= 0.6 is 0 Å². The van der Waals surface area contributed by atoms with Crippen molar-refractivity contribution in [3.05, 3.63) is 24.2 Å². The molecule has 5 heteroatoms. The van der Waals surface area contributed by atoms with E-state index in [0.29, 0.717) is 12.3 Å². The number of hydrogen-bond acceptors (Lipinski definition) is 3. The molecule has 0 aromatic carbocycles. The molecule has 1 saturated heterocycles. The molecule has 1 aliphatic rings. The molecule has 0 aliphatic carbocycles. The summed E-state index contributed by atoms with van der Waals surface area (Å²) >= 11 is 0. The number of rotatable bonds is 3. The Morgan fingerprint density at radius 1 is 1.73 bits per heavy atom. The summed E-state index contributed by atoms with van der Waals surface area (Å²) in [5.74, 6) is 0.518. The van der Waals surface area contributed by atoms with E-state index in [9.17, 15) is 9.18 Å². The molecular formula is C10H13FN2O2. The first-order chi connectivity index (χ1) is 7.25. The van der Waals surface area contributed by atoms with E-state index >= 15 is 0 Å². The van der Waals surface area contributed by atoms with E-state index in [1.807, 2.05) is 0 Å². The lowest BCUT2D eigenvalue weighted by Crippen LogP contribution is -2.39. The van der Waals surface area contributed by atoms with Gasteiger partial charge in [0.15, 0.2) is 0 Å². The van der Waals surface area contributed by atoms with Crippen LogP contribution in [-0.2, 0) is 11.3 Å². The van der Waals surface area contributed by atoms with E-state index in [2.05, 4.69) is 10.6 Å². The summed E-state index contributed by atoms with van der Waals surface area (Å²) in [5, 5.41) is 5.50. The zero-order valence-corrected chi connectivity index (χ0v) is 8.20. The lowest BCUT2D eigenvalue weighted by molar-refractivity contribution is -0.123. The Kier molecular flexibility index (Phi) is 3.01. The van der Waals surface area contributed by atoms with E-state index in [4.69, 9.17) is 4.42 Å². The van der Waals surface area contributed by atoms with Crippen LogP contribution in [0.5, 0.6) is 0 Å². The van der Waals surface area contributed by atoms with Gasteiger partial charge < -0.3 is 15.1 Å². The van der Waals surface area contributed by atoms with Crippen molar-refractivity contribution >= 4 is 5.91 Å². The van der Waals surface area contributed by atoms with Crippen LogP contribution in [0.2, 0.25) is 0 Å². The molecule has 0 spiro atoms. The highest BCUT2D eigenvalue weighted by molar-refractivity contribution is 5.82. The Morgan fingerprint density at radius 3 is 3.20 bits per heavy atom. The summed E-state index contributed by atoms with van der Waals surface area (Å²) in [6.07, 6.45) is 0.890. The summed E-state index contributed by atoms with van der Waals surface area (Å²) < 4.78 is 17.8. The van der Waals surface area contributed by atoms with Crippen LogP contribution in [0.1, 0.15) is 12.2 Å². The number of amides is 1. The van der Waals surface area contributed by atoms with Crippen LogP contribution in [0.3, 0.4) is 0 Å². The smallest absolute Gasteiger partial charge is 0.237 e. The van der Waals surface area contributed by atoms with Crippen LogP contribution in [0.4, 0.5) is 4.39 Å². The molecule has 2 heterocycles. The average molecular weight is 212 g/mol. The van der Waals surface area contributed by atoms with Gasteiger partial charge in [-0.2, -0.15) is 0 Å². The van der Waals surface area contributed by atoms with E-state index in [-0.39, 0.29) is 18.9 Å². The molecule has 1 fully saturated rings. The molecule has 0 bridgehead atoms. The minimum Gasteiger partial charge on any atom is -0.467 e. The number of hydrogen-bond donors (Lipinski definition) is 2. The Balaban J connectivity index is 1.78. The van der Waals surface area contributed by atoms with Crippen molar-refractivity contribution < 1.29 is 13.6 Å². The summed E-state index contributed by atoms with van der Waals surface area (Å²) in [6, 6.07) is 3.13. The molecule has 4 nitrogen and oxygen atoms in total.